The van der Waals surface area contributed by atoms with Crippen LogP contribution in [0.25, 0.3) is 11.2 Å². The van der Waals surface area contributed by atoms with Gasteiger partial charge in [-0.1, -0.05) is 12.1 Å². The maximum Gasteiger partial charge on any atom is 0.261 e. The number of benzene rings is 1. The molecule has 5 nitrogen and oxygen atoms in total. The van der Waals surface area contributed by atoms with Crippen LogP contribution in [0.3, 0.4) is 0 Å². The number of aryl methyl sites for hydroxylation is 1. The second-order valence-electron chi connectivity index (χ2n) is 5.74. The first kappa shape index (κ1) is 15.3. The van der Waals surface area contributed by atoms with Crippen LogP contribution in [0.1, 0.15) is 17.8 Å². The second kappa shape index (κ2) is 5.70. The molecule has 0 aliphatic heterocycles. The van der Waals surface area contributed by atoms with Crippen molar-refractivity contribution in [2.75, 3.05) is 5.32 Å². The minimum absolute atomic E-state index is 0.00901. The number of amides is 1. The number of hydrogen-bond acceptors (Lipinski definition) is 3. The molecule has 2 heterocycles. The van der Waals surface area contributed by atoms with Crippen molar-refractivity contribution in [3.05, 3.63) is 71.4 Å². The molecule has 0 bridgehead atoms. The molecule has 0 radical (unpaired) electrons. The normalized spacial score (nSPS) is 13.8. The Morgan fingerprint density at radius 2 is 2.00 bits per heavy atom. The third-order valence-corrected chi connectivity index (χ3v) is 4.16. The monoisotopic (exact) mass is 341 g/mol. The van der Waals surface area contributed by atoms with Crippen molar-refractivity contribution in [2.24, 2.45) is 0 Å². The molecule has 0 saturated carbocycles. The van der Waals surface area contributed by atoms with Crippen LogP contribution in [0.5, 0.6) is 0 Å². The number of nitrogens with one attached hydrogen (secondary N) is 1. The highest BCUT2D eigenvalue weighted by molar-refractivity contribution is 6.26. The van der Waals surface area contributed by atoms with E-state index >= 15 is 0 Å². The van der Waals surface area contributed by atoms with Crippen LogP contribution in [0.15, 0.2) is 48.4 Å². The van der Waals surface area contributed by atoms with Crippen LogP contribution in [0, 0.1) is 11.6 Å². The van der Waals surface area contributed by atoms with Gasteiger partial charge in [0.1, 0.15) is 34.3 Å². The van der Waals surface area contributed by atoms with E-state index in [2.05, 4.69) is 10.3 Å². The van der Waals surface area contributed by atoms with Crippen LogP contribution >= 0.6 is 0 Å². The quantitative estimate of drug-likeness (QED) is 0.750. The number of carbonyl (C=O) groups is 1. The van der Waals surface area contributed by atoms with Gasteiger partial charge in [0.2, 0.25) is 0 Å². The number of imidazole rings is 1. The van der Waals surface area contributed by atoms with Gasteiger partial charge in [0.15, 0.2) is 0 Å². The number of fused-ring (bicyclic) bond motifs is 3. The fraction of sp³-hybridized carbons (Fsp3) is 0.111. The molecule has 25 heavy (non-hydrogen) atoms. The van der Waals surface area contributed by atoms with E-state index in [-0.39, 0.29) is 29.1 Å². The zero-order chi connectivity index (χ0) is 17.6. The number of anilines is 1. The molecule has 1 aliphatic carbocycles. The molecule has 7 heteroatoms. The predicted molar refractivity (Wildman–Crippen MR) is 88.0 cm³/mol. The van der Waals surface area contributed by atoms with Crippen LogP contribution in [0.2, 0.25) is 0 Å². The van der Waals surface area contributed by atoms with Gasteiger partial charge in [-0.3, -0.25) is 4.79 Å². The average Bonchev–Trinajstić information content (AvgIpc) is 2.93. The van der Waals surface area contributed by atoms with Gasteiger partial charge in [-0.05, 0) is 24.6 Å². The lowest BCUT2D eigenvalue weighted by molar-refractivity contribution is -0.111. The van der Waals surface area contributed by atoms with Gasteiger partial charge in [-0.15, -0.1) is 0 Å². The predicted octanol–water partition coefficient (Wildman–Crippen LogP) is 3.47. The van der Waals surface area contributed by atoms with Crippen molar-refractivity contribution in [1.29, 1.82) is 0 Å². The molecule has 2 aromatic heterocycles. The topological polar surface area (TPSA) is 66.6 Å². The van der Waals surface area contributed by atoms with Crippen molar-refractivity contribution >= 4 is 22.8 Å². The summed E-state index contributed by atoms with van der Waals surface area (Å²) in [5.41, 5.74) is 1.31. The molecule has 4 rings (SSSR count). The van der Waals surface area contributed by atoms with Crippen molar-refractivity contribution in [1.82, 2.24) is 9.38 Å². The summed E-state index contributed by atoms with van der Waals surface area (Å²) in [4.78, 5) is 16.9. The lowest BCUT2D eigenvalue weighted by atomic mass is 9.97. The number of aliphatic hydroxyl groups excluding tert-OH is 1. The largest absolute Gasteiger partial charge is 0.511 e. The number of carbonyl (C=O) groups excluding carboxylic acids is 1. The Hall–Kier alpha value is -3.22. The first-order valence-electron chi connectivity index (χ1n) is 7.69. The van der Waals surface area contributed by atoms with Crippen molar-refractivity contribution < 1.29 is 18.7 Å². The van der Waals surface area contributed by atoms with Crippen molar-refractivity contribution in [3.8, 4) is 0 Å². The van der Waals surface area contributed by atoms with Gasteiger partial charge >= 0.3 is 0 Å². The molecule has 1 amide bonds. The third kappa shape index (κ3) is 2.53. The van der Waals surface area contributed by atoms with Gasteiger partial charge in [0, 0.05) is 18.7 Å². The second-order valence-corrected chi connectivity index (χ2v) is 5.74. The summed E-state index contributed by atoms with van der Waals surface area (Å²) < 4.78 is 28.9. The van der Waals surface area contributed by atoms with E-state index in [0.29, 0.717) is 17.8 Å². The lowest BCUT2D eigenvalue weighted by Gasteiger charge is -2.16. The maximum absolute atomic E-state index is 13.8. The molecule has 1 aliphatic rings. The summed E-state index contributed by atoms with van der Waals surface area (Å²) in [7, 11) is 0. The Labute approximate surface area is 141 Å². The number of aromatic nitrogens is 2. The Bertz CT molecular complexity index is 1040. The highest BCUT2D eigenvalue weighted by Gasteiger charge is 2.29. The number of nitrogens with zero attached hydrogens (tertiary/aromatic N) is 2. The number of aliphatic hydroxyl groups is 1. The number of hydrogen-bond donors (Lipinski definition) is 2. The van der Waals surface area contributed by atoms with E-state index in [4.69, 9.17) is 0 Å². The number of rotatable bonds is 2. The van der Waals surface area contributed by atoms with Crippen LogP contribution in [-0.2, 0) is 11.2 Å². The standard InChI is InChI=1S/C18H13F2N3O2/c19-10-7-8-23-13-5-6-14(24)16(17(13)22-15(23)9-10)18(25)21-12-4-2-1-3-11(12)20/h1-4,7-9,24H,5-6H2,(H,21,25). The number of halogens is 2. The lowest BCUT2D eigenvalue weighted by Crippen LogP contribution is -2.20. The van der Waals surface area contributed by atoms with E-state index < -0.39 is 17.5 Å². The molecular weight excluding hydrogens is 328 g/mol. The molecule has 2 N–H and O–H groups in total. The van der Waals surface area contributed by atoms with E-state index in [9.17, 15) is 18.7 Å². The molecule has 126 valence electrons. The van der Waals surface area contributed by atoms with Gasteiger partial charge in [-0.2, -0.15) is 0 Å². The summed E-state index contributed by atoms with van der Waals surface area (Å²) in [6, 6.07) is 8.30. The van der Waals surface area contributed by atoms with Crippen LogP contribution in [0.4, 0.5) is 14.5 Å². The first-order valence-corrected chi connectivity index (χ1v) is 7.69. The van der Waals surface area contributed by atoms with E-state index in [0.717, 1.165) is 0 Å². The summed E-state index contributed by atoms with van der Waals surface area (Å²) in [5, 5.41) is 12.7. The van der Waals surface area contributed by atoms with E-state index in [1.807, 2.05) is 0 Å². The van der Waals surface area contributed by atoms with Crippen LogP contribution in [-0.4, -0.2) is 20.4 Å². The Balaban J connectivity index is 1.78. The average molecular weight is 341 g/mol. The van der Waals surface area contributed by atoms with Crippen LogP contribution < -0.4 is 5.32 Å². The van der Waals surface area contributed by atoms with Crippen molar-refractivity contribution in [2.45, 2.75) is 12.8 Å². The minimum Gasteiger partial charge on any atom is -0.511 e. The molecule has 3 aromatic rings. The zero-order valence-electron chi connectivity index (χ0n) is 13.0. The maximum atomic E-state index is 13.8. The summed E-state index contributed by atoms with van der Waals surface area (Å²) in [5.74, 6) is -1.80. The van der Waals surface area contributed by atoms with E-state index in [1.165, 1.54) is 36.5 Å². The van der Waals surface area contributed by atoms with Gasteiger partial charge in [0.25, 0.3) is 5.91 Å². The summed E-state index contributed by atoms with van der Waals surface area (Å²) >= 11 is 0. The number of para-hydroxylation sites is 1. The fourth-order valence-corrected chi connectivity index (χ4v) is 2.99. The molecule has 0 saturated heterocycles. The Kier molecular flexibility index (Phi) is 3.49. The Morgan fingerprint density at radius 1 is 1.20 bits per heavy atom. The molecule has 1 aromatic carbocycles. The van der Waals surface area contributed by atoms with Gasteiger partial charge in [-0.25, -0.2) is 13.8 Å². The van der Waals surface area contributed by atoms with Crippen molar-refractivity contribution in [3.63, 3.8) is 0 Å². The smallest absolute Gasteiger partial charge is 0.261 e. The molecule has 0 fully saturated rings. The SMILES string of the molecule is O=C(Nc1ccccc1F)C1=C(O)CCc2c1nc1cc(F)ccn21. The van der Waals surface area contributed by atoms with Gasteiger partial charge in [0.05, 0.1) is 11.4 Å². The number of allylic oxidation sites excluding steroid dienone is 1. The molecule has 0 atom stereocenters. The fourth-order valence-electron chi connectivity index (χ4n) is 2.99. The first-order chi connectivity index (χ1) is 12.0. The summed E-state index contributed by atoms with van der Waals surface area (Å²) in [6.07, 6.45) is 2.24. The zero-order valence-corrected chi connectivity index (χ0v) is 13.0. The molecular formula is C18H13F2N3O2. The van der Waals surface area contributed by atoms with Gasteiger partial charge < -0.3 is 14.8 Å². The van der Waals surface area contributed by atoms with E-state index in [1.54, 1.807) is 10.5 Å². The highest BCUT2D eigenvalue weighted by Crippen LogP contribution is 2.31. The molecule has 0 unspecified atom stereocenters. The number of pyridine rings is 1. The summed E-state index contributed by atoms with van der Waals surface area (Å²) in [6.45, 7) is 0. The minimum atomic E-state index is -0.660. The highest BCUT2D eigenvalue weighted by atomic mass is 19.1. The molecule has 0 spiro atoms. The third-order valence-electron chi connectivity index (χ3n) is 4.16. The Morgan fingerprint density at radius 3 is 2.80 bits per heavy atom.